The lowest BCUT2D eigenvalue weighted by Gasteiger charge is -2.08. The van der Waals surface area contributed by atoms with E-state index in [1.54, 1.807) is 14.2 Å². The lowest BCUT2D eigenvalue weighted by atomic mass is 10.0. The lowest BCUT2D eigenvalue weighted by molar-refractivity contribution is 0.181. The Labute approximate surface area is 132 Å². The van der Waals surface area contributed by atoms with E-state index in [0.717, 1.165) is 5.56 Å². The molecule has 0 aliphatic carbocycles. The Balaban J connectivity index is 2.37. The van der Waals surface area contributed by atoms with Gasteiger partial charge in [0.2, 0.25) is 5.69 Å². The van der Waals surface area contributed by atoms with Crippen molar-refractivity contribution in [3.05, 3.63) is 35.7 Å². The van der Waals surface area contributed by atoms with E-state index in [-0.39, 0.29) is 18.1 Å². The van der Waals surface area contributed by atoms with Crippen molar-refractivity contribution in [2.45, 2.75) is 6.61 Å². The average molecular weight is 310 g/mol. The van der Waals surface area contributed by atoms with Crippen LogP contribution >= 0.6 is 0 Å². The van der Waals surface area contributed by atoms with Gasteiger partial charge in [0.1, 0.15) is 11.8 Å². The van der Waals surface area contributed by atoms with E-state index in [4.69, 9.17) is 20.5 Å². The summed E-state index contributed by atoms with van der Waals surface area (Å²) in [7, 11) is 3.17. The van der Waals surface area contributed by atoms with Gasteiger partial charge in [-0.15, -0.1) is 10.2 Å². The minimum Gasteiger partial charge on any atom is -0.496 e. The van der Waals surface area contributed by atoms with Crippen LogP contribution in [0.3, 0.4) is 0 Å². The molecular formula is C15H14N6O2. The van der Waals surface area contributed by atoms with Crippen molar-refractivity contribution >= 4 is 11.5 Å². The Morgan fingerprint density at radius 1 is 1.26 bits per heavy atom. The van der Waals surface area contributed by atoms with Crippen LogP contribution in [-0.2, 0) is 11.3 Å². The topological polar surface area (TPSA) is 111 Å². The molecule has 3 rings (SSSR count). The van der Waals surface area contributed by atoms with Crippen LogP contribution in [0.4, 0.5) is 5.82 Å². The Bertz CT molecular complexity index is 912. The summed E-state index contributed by atoms with van der Waals surface area (Å²) in [6.07, 6.45) is 0. The zero-order chi connectivity index (χ0) is 16.4. The first kappa shape index (κ1) is 14.7. The molecule has 0 unspecified atom stereocenters. The number of fused-ring (bicyclic) bond motifs is 1. The number of benzene rings is 1. The number of nitriles is 1. The number of hydrogen-bond donors (Lipinski definition) is 1. The number of aromatic nitrogens is 4. The molecule has 0 atom stereocenters. The maximum atomic E-state index is 9.04. The summed E-state index contributed by atoms with van der Waals surface area (Å²) in [5.41, 5.74) is 8.58. The molecule has 0 saturated carbocycles. The molecule has 1 aromatic carbocycles. The van der Waals surface area contributed by atoms with Gasteiger partial charge in [0.15, 0.2) is 11.5 Å². The number of hydrogen-bond acceptors (Lipinski definition) is 7. The summed E-state index contributed by atoms with van der Waals surface area (Å²) < 4.78 is 12.0. The number of anilines is 1. The predicted octanol–water partition coefficient (Wildman–Crippen LogP) is 1.40. The second-order valence-corrected chi connectivity index (χ2v) is 4.74. The standard InChI is InChI=1S/C15H14N6O2/c1-22-8-11-13(9-5-3-4-6-12(9)23-2)15-19-18-10(7-16)14(17)21(15)20-11/h3-6H,8,17H2,1-2H3. The van der Waals surface area contributed by atoms with Crippen LogP contribution in [0.25, 0.3) is 16.8 Å². The zero-order valence-corrected chi connectivity index (χ0v) is 12.6. The van der Waals surface area contributed by atoms with Crippen LogP contribution < -0.4 is 10.5 Å². The van der Waals surface area contributed by atoms with Gasteiger partial charge in [-0.2, -0.15) is 14.9 Å². The highest BCUT2D eigenvalue weighted by Crippen LogP contribution is 2.35. The Morgan fingerprint density at radius 2 is 2.04 bits per heavy atom. The lowest BCUT2D eigenvalue weighted by Crippen LogP contribution is -2.06. The fourth-order valence-electron chi connectivity index (χ4n) is 2.41. The van der Waals surface area contributed by atoms with Crippen molar-refractivity contribution in [1.29, 1.82) is 5.26 Å². The fourth-order valence-corrected chi connectivity index (χ4v) is 2.41. The van der Waals surface area contributed by atoms with Crippen molar-refractivity contribution < 1.29 is 9.47 Å². The van der Waals surface area contributed by atoms with Crippen molar-refractivity contribution in [3.8, 4) is 22.9 Å². The molecule has 0 saturated heterocycles. The molecule has 0 aliphatic heterocycles. The van der Waals surface area contributed by atoms with Crippen LogP contribution in [0.1, 0.15) is 11.4 Å². The quantitative estimate of drug-likeness (QED) is 0.775. The summed E-state index contributed by atoms with van der Waals surface area (Å²) in [4.78, 5) is 0. The van der Waals surface area contributed by atoms with E-state index in [0.29, 0.717) is 22.7 Å². The molecule has 0 aliphatic rings. The molecule has 0 spiro atoms. The molecule has 116 valence electrons. The number of rotatable bonds is 4. The van der Waals surface area contributed by atoms with E-state index >= 15 is 0 Å². The summed E-state index contributed by atoms with van der Waals surface area (Å²) in [5, 5.41) is 21.4. The molecule has 2 heterocycles. The molecular weight excluding hydrogens is 296 g/mol. The van der Waals surface area contributed by atoms with Gasteiger partial charge in [-0.25, -0.2) is 0 Å². The first-order valence-electron chi connectivity index (χ1n) is 6.77. The van der Waals surface area contributed by atoms with Gasteiger partial charge in [0.05, 0.1) is 25.0 Å². The highest BCUT2D eigenvalue weighted by molar-refractivity contribution is 5.84. The second kappa shape index (κ2) is 5.90. The third-order valence-electron chi connectivity index (χ3n) is 3.41. The zero-order valence-electron chi connectivity index (χ0n) is 12.6. The Morgan fingerprint density at radius 3 is 2.74 bits per heavy atom. The average Bonchev–Trinajstić information content (AvgIpc) is 2.94. The minimum atomic E-state index is 0.0237. The number of nitrogens with zero attached hydrogens (tertiary/aromatic N) is 5. The number of nitrogen functional groups attached to an aromatic ring is 1. The number of nitrogens with two attached hydrogens (primary N) is 1. The Hall–Kier alpha value is -3.18. The molecule has 0 radical (unpaired) electrons. The van der Waals surface area contributed by atoms with Gasteiger partial charge in [0.25, 0.3) is 0 Å². The number of methoxy groups -OCH3 is 2. The maximum Gasteiger partial charge on any atom is 0.205 e. The second-order valence-electron chi connectivity index (χ2n) is 4.74. The third-order valence-corrected chi connectivity index (χ3v) is 3.41. The monoisotopic (exact) mass is 310 g/mol. The highest BCUT2D eigenvalue weighted by Gasteiger charge is 2.21. The van der Waals surface area contributed by atoms with Crippen molar-refractivity contribution in [2.24, 2.45) is 0 Å². The summed E-state index contributed by atoms with van der Waals surface area (Å²) in [6, 6.07) is 9.39. The first-order chi connectivity index (χ1) is 11.2. The van der Waals surface area contributed by atoms with E-state index < -0.39 is 0 Å². The minimum absolute atomic E-state index is 0.0237. The molecule has 8 heteroatoms. The first-order valence-corrected chi connectivity index (χ1v) is 6.77. The largest absolute Gasteiger partial charge is 0.496 e. The van der Waals surface area contributed by atoms with Crippen LogP contribution in [0.15, 0.2) is 24.3 Å². The van der Waals surface area contributed by atoms with Gasteiger partial charge in [0, 0.05) is 12.7 Å². The highest BCUT2D eigenvalue weighted by atomic mass is 16.5. The summed E-state index contributed by atoms with van der Waals surface area (Å²) in [5.74, 6) is 0.806. The van der Waals surface area contributed by atoms with E-state index in [9.17, 15) is 0 Å². The molecule has 2 aromatic heterocycles. The molecule has 0 amide bonds. The van der Waals surface area contributed by atoms with E-state index in [1.165, 1.54) is 4.52 Å². The SMILES string of the molecule is COCc1nn2c(N)c(C#N)nnc2c1-c1ccccc1OC. The number of para-hydroxylation sites is 1. The summed E-state index contributed by atoms with van der Waals surface area (Å²) >= 11 is 0. The third kappa shape index (κ3) is 2.33. The van der Waals surface area contributed by atoms with Gasteiger partial charge in [-0.3, -0.25) is 0 Å². The van der Waals surface area contributed by atoms with Crippen LogP contribution in [-0.4, -0.2) is 34.0 Å². The van der Waals surface area contributed by atoms with Crippen molar-refractivity contribution in [2.75, 3.05) is 20.0 Å². The number of ether oxygens (including phenoxy) is 2. The van der Waals surface area contributed by atoms with E-state index in [2.05, 4.69) is 15.3 Å². The van der Waals surface area contributed by atoms with Gasteiger partial charge < -0.3 is 15.2 Å². The summed E-state index contributed by atoms with van der Waals surface area (Å²) in [6.45, 7) is 0.262. The van der Waals surface area contributed by atoms with Gasteiger partial charge >= 0.3 is 0 Å². The predicted molar refractivity (Wildman–Crippen MR) is 82.6 cm³/mol. The normalized spacial score (nSPS) is 10.7. The van der Waals surface area contributed by atoms with Crippen LogP contribution in [0.5, 0.6) is 5.75 Å². The molecule has 0 bridgehead atoms. The molecule has 8 nitrogen and oxygen atoms in total. The Kier molecular flexibility index (Phi) is 3.78. The smallest absolute Gasteiger partial charge is 0.205 e. The van der Waals surface area contributed by atoms with Gasteiger partial charge in [-0.1, -0.05) is 18.2 Å². The van der Waals surface area contributed by atoms with Gasteiger partial charge in [-0.05, 0) is 6.07 Å². The fraction of sp³-hybridized carbons (Fsp3) is 0.200. The molecule has 3 aromatic rings. The molecule has 2 N–H and O–H groups in total. The molecule has 0 fully saturated rings. The van der Waals surface area contributed by atoms with Crippen molar-refractivity contribution in [1.82, 2.24) is 19.8 Å². The van der Waals surface area contributed by atoms with Crippen LogP contribution in [0.2, 0.25) is 0 Å². The van der Waals surface area contributed by atoms with Crippen molar-refractivity contribution in [3.63, 3.8) is 0 Å². The molecule has 23 heavy (non-hydrogen) atoms. The van der Waals surface area contributed by atoms with E-state index in [1.807, 2.05) is 30.3 Å². The maximum absolute atomic E-state index is 9.04. The van der Waals surface area contributed by atoms with Crippen LogP contribution in [0, 0.1) is 11.3 Å².